The molecule has 0 bridgehead atoms. The molecule has 0 aliphatic rings. The molecule has 23 heavy (non-hydrogen) atoms. The number of aliphatic hydroxyl groups is 1. The first-order valence-corrected chi connectivity index (χ1v) is 10.1. The summed E-state index contributed by atoms with van der Waals surface area (Å²) in [7, 11) is 0. The Morgan fingerprint density at radius 1 is 1.09 bits per heavy atom. The van der Waals surface area contributed by atoms with E-state index in [1.165, 1.54) is 11.1 Å². The van der Waals surface area contributed by atoms with E-state index in [4.69, 9.17) is 16.7 Å². The number of halogens is 1. The first kappa shape index (κ1) is 19.0. The van der Waals surface area contributed by atoms with Crippen molar-refractivity contribution in [2.24, 2.45) is 0 Å². The van der Waals surface area contributed by atoms with Crippen LogP contribution in [0.25, 0.3) is 11.1 Å². The van der Waals surface area contributed by atoms with Gasteiger partial charge in [0.1, 0.15) is 0 Å². The van der Waals surface area contributed by atoms with Gasteiger partial charge in [-0.05, 0) is 0 Å². The van der Waals surface area contributed by atoms with Gasteiger partial charge in [-0.15, -0.1) is 0 Å². The first-order valence-electron chi connectivity index (χ1n) is 7.68. The predicted octanol–water partition coefficient (Wildman–Crippen LogP) is 3.73. The number of aryl methyl sites for hydroxylation is 1. The van der Waals surface area contributed by atoms with E-state index in [0.717, 1.165) is 22.8 Å². The number of carbonyl (C=O) groups excluding carboxylic acids is 1. The molecule has 0 aliphatic heterocycles. The van der Waals surface area contributed by atoms with Crippen molar-refractivity contribution in [1.82, 2.24) is 0 Å². The molecule has 0 amide bonds. The second-order valence-electron chi connectivity index (χ2n) is 5.44. The Hall–Kier alpha value is -0.290. The molecule has 0 saturated carbocycles. The Labute approximate surface area is 164 Å². The van der Waals surface area contributed by atoms with Gasteiger partial charge in [-0.2, -0.15) is 0 Å². The molecule has 1 N–H and O–H groups in total. The number of aliphatic hydroxyl groups excluding tert-OH is 1. The molecular formula is C18H18ClNaO2S. The van der Waals surface area contributed by atoms with Gasteiger partial charge < -0.3 is 0 Å². The van der Waals surface area contributed by atoms with Crippen molar-refractivity contribution in [3.63, 3.8) is 0 Å². The van der Waals surface area contributed by atoms with Crippen LogP contribution in [-0.4, -0.2) is 53.7 Å². The van der Waals surface area contributed by atoms with Gasteiger partial charge in [0.2, 0.25) is 0 Å². The molecule has 0 aromatic heterocycles. The van der Waals surface area contributed by atoms with Gasteiger partial charge in [0.05, 0.1) is 0 Å². The Bertz CT molecular complexity index is 628. The van der Waals surface area contributed by atoms with Crippen molar-refractivity contribution in [3.05, 3.63) is 59.1 Å². The summed E-state index contributed by atoms with van der Waals surface area (Å²) in [5.41, 5.74) is 3.59. The van der Waals surface area contributed by atoms with Gasteiger partial charge in [0.15, 0.2) is 0 Å². The van der Waals surface area contributed by atoms with Gasteiger partial charge in [-0.25, -0.2) is 0 Å². The first-order chi connectivity index (χ1) is 11.1. The minimum atomic E-state index is -0.0278. The zero-order valence-electron chi connectivity index (χ0n) is 13.2. The van der Waals surface area contributed by atoms with E-state index in [9.17, 15) is 4.79 Å². The van der Waals surface area contributed by atoms with Crippen LogP contribution in [0.15, 0.2) is 48.5 Å². The number of rotatable bonds is 8. The molecule has 0 saturated heterocycles. The quantitative estimate of drug-likeness (QED) is 0.732. The summed E-state index contributed by atoms with van der Waals surface area (Å²) >= 11 is 8.13. The molecule has 0 fully saturated rings. The second kappa shape index (κ2) is 9.87. The zero-order chi connectivity index (χ0) is 16.7. The second-order valence-corrected chi connectivity index (χ2v) is 8.17. The Morgan fingerprint density at radius 3 is 2.17 bits per heavy atom. The fourth-order valence-electron chi connectivity index (χ4n) is 2.35. The fraction of sp³-hybridized carbons (Fsp3) is 0.278. The van der Waals surface area contributed by atoms with Crippen LogP contribution in [0.1, 0.15) is 12.0 Å². The summed E-state index contributed by atoms with van der Waals surface area (Å²) in [5.74, 6) is 0.902. The molecule has 2 nitrogen and oxygen atoms in total. The molecule has 1 unspecified atom stereocenters. The van der Waals surface area contributed by atoms with Crippen molar-refractivity contribution in [2.75, 3.05) is 12.4 Å². The number of hydrogen-bond donors (Lipinski definition) is 1. The molecule has 1 atom stereocenters. The SMILES string of the molecule is O=[C]([Na])C(CCO)SCCc1ccc(-c2ccc(Cl)cc2)cc1. The standard InChI is InChI=1S/C18H18ClO2S.Na/c19-17-7-5-16(6-8-17)15-3-1-14(2-4-15)10-12-22-18(13-21)9-11-20;/h1-8,18,20H,9-12H2;. The maximum atomic E-state index is 11.5. The van der Waals surface area contributed by atoms with E-state index < -0.39 is 0 Å². The van der Waals surface area contributed by atoms with E-state index in [1.807, 2.05) is 24.3 Å². The summed E-state index contributed by atoms with van der Waals surface area (Å²) in [6.07, 6.45) is 1.50. The summed E-state index contributed by atoms with van der Waals surface area (Å²) in [5, 5.41) is 9.72. The van der Waals surface area contributed by atoms with Crippen molar-refractivity contribution >= 4 is 54.3 Å². The number of benzene rings is 2. The van der Waals surface area contributed by atoms with Crippen LogP contribution in [-0.2, 0) is 11.2 Å². The molecule has 116 valence electrons. The third kappa shape index (κ3) is 6.26. The van der Waals surface area contributed by atoms with Gasteiger partial charge in [0.25, 0.3) is 0 Å². The normalized spacial score (nSPS) is 12.2. The zero-order valence-corrected chi connectivity index (χ0v) is 16.7. The minimum absolute atomic E-state index is 0.0278. The number of carbonyl (C=O) groups is 1. The van der Waals surface area contributed by atoms with Gasteiger partial charge in [0, 0.05) is 5.02 Å². The number of thioether (sulfide) groups is 1. The maximum absolute atomic E-state index is 11.5. The predicted molar refractivity (Wildman–Crippen MR) is 99.3 cm³/mol. The molecule has 2 aromatic rings. The molecule has 0 heterocycles. The summed E-state index contributed by atoms with van der Waals surface area (Å²) < 4.78 is 0.280. The number of hydrogen-bond acceptors (Lipinski definition) is 3. The van der Waals surface area contributed by atoms with Crippen molar-refractivity contribution < 1.29 is 9.90 Å². The third-order valence-corrected chi connectivity index (χ3v) is 6.46. The van der Waals surface area contributed by atoms with E-state index in [1.54, 1.807) is 11.8 Å². The van der Waals surface area contributed by atoms with Crippen LogP contribution >= 0.6 is 23.4 Å². The average Bonchev–Trinajstić information content (AvgIpc) is 2.55. The fourth-order valence-corrected chi connectivity index (χ4v) is 4.41. The van der Waals surface area contributed by atoms with Crippen molar-refractivity contribution in [3.8, 4) is 11.1 Å². The van der Waals surface area contributed by atoms with Crippen LogP contribution in [0.4, 0.5) is 0 Å². The Balaban J connectivity index is 1.90. The molecule has 2 rings (SSSR count). The Morgan fingerprint density at radius 2 is 1.65 bits per heavy atom. The third-order valence-electron chi connectivity index (χ3n) is 3.69. The molecule has 0 aliphatic carbocycles. The van der Waals surface area contributed by atoms with Gasteiger partial charge in [-0.1, -0.05) is 11.6 Å². The summed E-state index contributed by atoms with van der Waals surface area (Å²) in [6.45, 7) is 0.0848. The van der Waals surface area contributed by atoms with Gasteiger partial charge >= 0.3 is 148 Å². The van der Waals surface area contributed by atoms with E-state index >= 15 is 0 Å². The topological polar surface area (TPSA) is 37.3 Å². The van der Waals surface area contributed by atoms with Crippen LogP contribution in [0.3, 0.4) is 0 Å². The Kier molecular flexibility index (Phi) is 8.17. The summed E-state index contributed by atoms with van der Waals surface area (Å²) in [6, 6.07) is 16.3. The van der Waals surface area contributed by atoms with Crippen molar-refractivity contribution in [2.45, 2.75) is 18.1 Å². The van der Waals surface area contributed by atoms with Gasteiger partial charge in [-0.3, -0.25) is 0 Å². The summed E-state index contributed by atoms with van der Waals surface area (Å²) in [4.78, 5) is 11.5. The van der Waals surface area contributed by atoms with Crippen LogP contribution in [0, 0.1) is 0 Å². The van der Waals surface area contributed by atoms with E-state index in [0.29, 0.717) is 34.4 Å². The molecule has 2 aromatic carbocycles. The van der Waals surface area contributed by atoms with E-state index in [2.05, 4.69) is 24.3 Å². The molecule has 0 spiro atoms. The molecule has 0 radical (unpaired) electrons. The monoisotopic (exact) mass is 356 g/mol. The van der Waals surface area contributed by atoms with Crippen LogP contribution in [0.2, 0.25) is 5.02 Å². The van der Waals surface area contributed by atoms with Crippen molar-refractivity contribution in [1.29, 1.82) is 0 Å². The molecular weight excluding hydrogens is 339 g/mol. The molecule has 5 heteroatoms. The van der Waals surface area contributed by atoms with Crippen LogP contribution < -0.4 is 0 Å². The van der Waals surface area contributed by atoms with E-state index in [-0.39, 0.29) is 14.9 Å². The van der Waals surface area contributed by atoms with Crippen LogP contribution in [0.5, 0.6) is 0 Å². The average molecular weight is 357 g/mol.